The molecule has 1 aromatic rings. The van der Waals surface area contributed by atoms with E-state index in [1.807, 2.05) is 38.1 Å². The first-order valence-corrected chi connectivity index (χ1v) is 9.41. The molecule has 0 spiro atoms. The third kappa shape index (κ3) is 6.88. The number of methoxy groups -OCH3 is 1. The lowest BCUT2D eigenvalue weighted by Crippen LogP contribution is -2.50. The molecule has 0 saturated carbocycles. The number of carbonyl (C=O) groups excluding carboxylic acids is 1. The SMILES string of the molecule is CCNC(=NCC(C)Oc1ccc(OC)cc1)NC1CCN(C(N)=O)CC1. The fraction of sp³-hybridized carbons (Fsp3) is 0.579. The van der Waals surface area contributed by atoms with Crippen molar-refractivity contribution in [3.63, 3.8) is 0 Å². The molecule has 0 radical (unpaired) electrons. The first-order chi connectivity index (χ1) is 13.0. The maximum atomic E-state index is 11.2. The minimum absolute atomic E-state index is 0.0643. The quantitative estimate of drug-likeness (QED) is 0.494. The molecule has 1 heterocycles. The number of ether oxygens (including phenoxy) is 2. The summed E-state index contributed by atoms with van der Waals surface area (Å²) in [5, 5.41) is 6.70. The molecule has 8 nitrogen and oxygen atoms in total. The highest BCUT2D eigenvalue weighted by Gasteiger charge is 2.21. The molecule has 1 saturated heterocycles. The molecule has 0 aliphatic carbocycles. The second-order valence-corrected chi connectivity index (χ2v) is 6.57. The van der Waals surface area contributed by atoms with Gasteiger partial charge >= 0.3 is 6.03 Å². The average molecular weight is 377 g/mol. The molecule has 2 amide bonds. The van der Waals surface area contributed by atoms with Crippen LogP contribution in [0.25, 0.3) is 0 Å². The predicted molar refractivity (Wildman–Crippen MR) is 106 cm³/mol. The molecule has 2 rings (SSSR count). The maximum Gasteiger partial charge on any atom is 0.314 e. The number of carbonyl (C=O) groups is 1. The summed E-state index contributed by atoms with van der Waals surface area (Å²) < 4.78 is 11.0. The number of rotatable bonds is 7. The van der Waals surface area contributed by atoms with E-state index in [0.717, 1.165) is 36.8 Å². The van der Waals surface area contributed by atoms with E-state index in [9.17, 15) is 4.79 Å². The molecule has 0 bridgehead atoms. The number of urea groups is 1. The summed E-state index contributed by atoms with van der Waals surface area (Å²) in [6.07, 6.45) is 1.64. The normalized spacial score (nSPS) is 16.6. The Bertz CT molecular complexity index is 612. The van der Waals surface area contributed by atoms with Gasteiger partial charge in [0.2, 0.25) is 0 Å². The lowest BCUT2D eigenvalue weighted by molar-refractivity contribution is 0.188. The molecule has 1 aliphatic rings. The lowest BCUT2D eigenvalue weighted by Gasteiger charge is -2.32. The Labute approximate surface area is 161 Å². The van der Waals surface area contributed by atoms with Crippen LogP contribution in [0.1, 0.15) is 26.7 Å². The van der Waals surface area contributed by atoms with Crippen LogP contribution in [0.2, 0.25) is 0 Å². The van der Waals surface area contributed by atoms with Crippen LogP contribution in [0.15, 0.2) is 29.3 Å². The summed E-state index contributed by atoms with van der Waals surface area (Å²) in [5.74, 6) is 2.35. The summed E-state index contributed by atoms with van der Waals surface area (Å²) in [6.45, 7) is 6.67. The molecule has 1 aliphatic heterocycles. The molecule has 1 aromatic carbocycles. The predicted octanol–water partition coefficient (Wildman–Crippen LogP) is 1.56. The molecule has 1 unspecified atom stereocenters. The Morgan fingerprint density at radius 1 is 1.30 bits per heavy atom. The highest BCUT2D eigenvalue weighted by atomic mass is 16.5. The van der Waals surface area contributed by atoms with Gasteiger partial charge in [-0.15, -0.1) is 0 Å². The van der Waals surface area contributed by atoms with Gasteiger partial charge < -0.3 is 30.7 Å². The van der Waals surface area contributed by atoms with Crippen molar-refractivity contribution >= 4 is 12.0 Å². The second kappa shape index (κ2) is 10.5. The van der Waals surface area contributed by atoms with Gasteiger partial charge in [-0.2, -0.15) is 0 Å². The third-order valence-electron chi connectivity index (χ3n) is 4.39. The Kier molecular flexibility index (Phi) is 8.03. The highest BCUT2D eigenvalue weighted by molar-refractivity contribution is 5.80. The van der Waals surface area contributed by atoms with Gasteiger partial charge in [-0.25, -0.2) is 9.79 Å². The van der Waals surface area contributed by atoms with Gasteiger partial charge in [0.25, 0.3) is 0 Å². The minimum Gasteiger partial charge on any atom is -0.497 e. The molecular weight excluding hydrogens is 346 g/mol. The van der Waals surface area contributed by atoms with E-state index in [4.69, 9.17) is 15.2 Å². The first-order valence-electron chi connectivity index (χ1n) is 9.41. The van der Waals surface area contributed by atoms with E-state index < -0.39 is 0 Å². The van der Waals surface area contributed by atoms with Crippen LogP contribution in [0.5, 0.6) is 11.5 Å². The highest BCUT2D eigenvalue weighted by Crippen LogP contribution is 2.18. The largest absolute Gasteiger partial charge is 0.497 e. The molecule has 8 heteroatoms. The van der Waals surface area contributed by atoms with Crippen molar-refractivity contribution in [2.45, 2.75) is 38.8 Å². The molecule has 1 atom stereocenters. The second-order valence-electron chi connectivity index (χ2n) is 6.57. The van der Waals surface area contributed by atoms with Crippen molar-refractivity contribution in [2.75, 3.05) is 33.3 Å². The fourth-order valence-electron chi connectivity index (χ4n) is 2.90. The van der Waals surface area contributed by atoms with Crippen molar-refractivity contribution < 1.29 is 14.3 Å². The topological polar surface area (TPSA) is 101 Å². The zero-order chi connectivity index (χ0) is 19.6. The number of hydrogen-bond donors (Lipinski definition) is 3. The number of hydrogen-bond acceptors (Lipinski definition) is 4. The number of benzene rings is 1. The van der Waals surface area contributed by atoms with Gasteiger partial charge in [0.05, 0.1) is 13.7 Å². The van der Waals surface area contributed by atoms with Gasteiger partial charge in [-0.05, 0) is 51.0 Å². The minimum atomic E-state index is -0.349. The molecule has 27 heavy (non-hydrogen) atoms. The number of piperidine rings is 1. The van der Waals surface area contributed by atoms with E-state index in [2.05, 4.69) is 15.6 Å². The number of nitrogens with one attached hydrogen (secondary N) is 2. The van der Waals surface area contributed by atoms with Crippen LogP contribution < -0.4 is 25.8 Å². The van der Waals surface area contributed by atoms with Crippen LogP contribution in [-0.2, 0) is 0 Å². The molecular formula is C19H31N5O3. The zero-order valence-corrected chi connectivity index (χ0v) is 16.4. The Balaban J connectivity index is 1.83. The summed E-state index contributed by atoms with van der Waals surface area (Å²) in [7, 11) is 1.64. The molecule has 4 N–H and O–H groups in total. The number of guanidine groups is 1. The van der Waals surface area contributed by atoms with Gasteiger partial charge in [0.15, 0.2) is 5.96 Å². The summed E-state index contributed by atoms with van der Waals surface area (Å²) in [5.41, 5.74) is 5.33. The van der Waals surface area contributed by atoms with Crippen molar-refractivity contribution in [1.29, 1.82) is 0 Å². The summed E-state index contributed by atoms with van der Waals surface area (Å²) in [4.78, 5) is 17.5. The van der Waals surface area contributed by atoms with Crippen LogP contribution in [0.3, 0.4) is 0 Å². The van der Waals surface area contributed by atoms with Crippen LogP contribution in [-0.4, -0.2) is 62.3 Å². The van der Waals surface area contributed by atoms with Gasteiger partial charge in [-0.1, -0.05) is 0 Å². The van der Waals surface area contributed by atoms with Crippen molar-refractivity contribution in [3.05, 3.63) is 24.3 Å². The smallest absolute Gasteiger partial charge is 0.314 e. The average Bonchev–Trinajstić information content (AvgIpc) is 2.67. The zero-order valence-electron chi connectivity index (χ0n) is 16.4. The van der Waals surface area contributed by atoms with Crippen LogP contribution >= 0.6 is 0 Å². The Morgan fingerprint density at radius 3 is 2.48 bits per heavy atom. The van der Waals surface area contributed by atoms with E-state index in [1.54, 1.807) is 12.0 Å². The van der Waals surface area contributed by atoms with Crippen molar-refractivity contribution in [3.8, 4) is 11.5 Å². The molecule has 1 fully saturated rings. The lowest BCUT2D eigenvalue weighted by atomic mass is 10.1. The number of aliphatic imine (C=N–C) groups is 1. The molecule has 150 valence electrons. The van der Waals surface area contributed by atoms with Crippen LogP contribution in [0.4, 0.5) is 4.79 Å². The van der Waals surface area contributed by atoms with Crippen molar-refractivity contribution in [1.82, 2.24) is 15.5 Å². The fourth-order valence-corrected chi connectivity index (χ4v) is 2.90. The molecule has 0 aromatic heterocycles. The maximum absolute atomic E-state index is 11.2. The third-order valence-corrected chi connectivity index (χ3v) is 4.39. The van der Waals surface area contributed by atoms with E-state index in [1.165, 1.54) is 0 Å². The number of primary amides is 1. The van der Waals surface area contributed by atoms with E-state index >= 15 is 0 Å². The monoisotopic (exact) mass is 377 g/mol. The van der Waals surface area contributed by atoms with Gasteiger partial charge in [-0.3, -0.25) is 0 Å². The summed E-state index contributed by atoms with van der Waals surface area (Å²) >= 11 is 0. The first kappa shape index (κ1) is 20.7. The van der Waals surface area contributed by atoms with Gasteiger partial charge in [0.1, 0.15) is 17.6 Å². The standard InChI is InChI=1S/C19H31N5O3/c1-4-21-19(23-15-9-11-24(12-10-15)18(20)25)22-13-14(2)27-17-7-5-16(26-3)6-8-17/h5-8,14-15H,4,9-13H2,1-3H3,(H2,20,25)(H2,21,22,23). The number of nitrogens with two attached hydrogens (primary N) is 1. The van der Waals surface area contributed by atoms with Crippen molar-refractivity contribution in [2.24, 2.45) is 10.7 Å². The Hall–Kier alpha value is -2.64. The van der Waals surface area contributed by atoms with E-state index in [-0.39, 0.29) is 18.2 Å². The van der Waals surface area contributed by atoms with E-state index in [0.29, 0.717) is 19.6 Å². The van der Waals surface area contributed by atoms with Crippen LogP contribution in [0, 0.1) is 0 Å². The number of likely N-dealkylation sites (tertiary alicyclic amines) is 1. The van der Waals surface area contributed by atoms with Gasteiger partial charge in [0, 0.05) is 25.7 Å². The summed E-state index contributed by atoms with van der Waals surface area (Å²) in [6, 6.07) is 7.43. The number of nitrogens with zero attached hydrogens (tertiary/aromatic N) is 2. The Morgan fingerprint density at radius 2 is 1.93 bits per heavy atom. The number of amides is 2.